The van der Waals surface area contributed by atoms with Crippen molar-refractivity contribution in [2.75, 3.05) is 5.32 Å². The fourth-order valence-electron chi connectivity index (χ4n) is 3.04. The first-order valence-electron chi connectivity index (χ1n) is 9.44. The lowest BCUT2D eigenvalue weighted by Crippen LogP contribution is -2.07. The molecule has 0 radical (unpaired) electrons. The molecule has 31 heavy (non-hydrogen) atoms. The molecule has 1 N–H and O–H groups in total. The molecule has 0 aliphatic rings. The molecular formula is C24H17N3O3S. The molecule has 0 fully saturated rings. The first-order chi connectivity index (χ1) is 15.1. The van der Waals surface area contributed by atoms with Crippen LogP contribution in [0.3, 0.4) is 0 Å². The van der Waals surface area contributed by atoms with Gasteiger partial charge in [0.25, 0.3) is 5.69 Å². The van der Waals surface area contributed by atoms with Crippen molar-refractivity contribution in [1.29, 1.82) is 0 Å². The van der Waals surface area contributed by atoms with Crippen LogP contribution in [-0.2, 0) is 4.79 Å². The van der Waals surface area contributed by atoms with Gasteiger partial charge in [-0.3, -0.25) is 20.2 Å². The number of aromatic nitrogens is 1. The third-order valence-electron chi connectivity index (χ3n) is 4.57. The van der Waals surface area contributed by atoms with Gasteiger partial charge < -0.3 is 0 Å². The summed E-state index contributed by atoms with van der Waals surface area (Å²) in [5.41, 5.74) is 4.29. The van der Waals surface area contributed by atoms with Crippen LogP contribution >= 0.6 is 11.3 Å². The molecule has 1 aromatic heterocycles. The molecular weight excluding hydrogens is 410 g/mol. The Morgan fingerprint density at radius 3 is 2.29 bits per heavy atom. The number of carbonyl (C=O) groups is 1. The molecule has 6 nitrogen and oxygen atoms in total. The molecule has 0 unspecified atom stereocenters. The average Bonchev–Trinajstić information content (AvgIpc) is 3.27. The summed E-state index contributed by atoms with van der Waals surface area (Å²) in [5, 5.41) is 16.1. The van der Waals surface area contributed by atoms with Gasteiger partial charge in [-0.25, -0.2) is 4.98 Å². The molecule has 7 heteroatoms. The first kappa shape index (κ1) is 20.2. The Morgan fingerprint density at radius 2 is 1.55 bits per heavy atom. The van der Waals surface area contributed by atoms with E-state index < -0.39 is 10.8 Å². The lowest BCUT2D eigenvalue weighted by Gasteiger charge is -2.03. The van der Waals surface area contributed by atoms with E-state index in [1.165, 1.54) is 29.6 Å². The van der Waals surface area contributed by atoms with Gasteiger partial charge in [0, 0.05) is 23.1 Å². The maximum absolute atomic E-state index is 12.2. The van der Waals surface area contributed by atoms with Crippen molar-refractivity contribution in [3.8, 4) is 22.4 Å². The fraction of sp³-hybridized carbons (Fsp3) is 0. The number of anilines is 1. The molecule has 1 amide bonds. The van der Waals surface area contributed by atoms with Gasteiger partial charge in [-0.15, -0.1) is 11.3 Å². The van der Waals surface area contributed by atoms with Gasteiger partial charge in [0.15, 0.2) is 5.13 Å². The molecule has 0 saturated heterocycles. The minimum atomic E-state index is -0.478. The van der Waals surface area contributed by atoms with Crippen molar-refractivity contribution in [1.82, 2.24) is 4.98 Å². The molecule has 0 saturated carbocycles. The molecule has 0 bridgehead atoms. The Hall–Kier alpha value is -4.10. The van der Waals surface area contributed by atoms with Gasteiger partial charge in [-0.1, -0.05) is 66.7 Å². The van der Waals surface area contributed by atoms with E-state index in [0.29, 0.717) is 10.7 Å². The number of hydrogen-bond acceptors (Lipinski definition) is 5. The largest absolute Gasteiger partial charge is 0.298 e. The zero-order valence-corrected chi connectivity index (χ0v) is 17.1. The second kappa shape index (κ2) is 9.15. The molecule has 1 heterocycles. The number of amides is 1. The highest BCUT2D eigenvalue weighted by molar-refractivity contribution is 7.14. The summed E-state index contributed by atoms with van der Waals surface area (Å²) in [6.07, 6.45) is 2.68. The number of hydrogen-bond donors (Lipinski definition) is 1. The second-order valence-electron chi connectivity index (χ2n) is 6.62. The van der Waals surface area contributed by atoms with Crippen molar-refractivity contribution in [2.45, 2.75) is 0 Å². The van der Waals surface area contributed by atoms with Crippen LogP contribution in [0.2, 0.25) is 0 Å². The highest BCUT2D eigenvalue weighted by atomic mass is 32.1. The van der Waals surface area contributed by atoms with Crippen molar-refractivity contribution in [3.05, 3.63) is 106 Å². The standard InChI is InChI=1S/C24H17N3O3S/c28-23(15-14-20-8-4-5-9-22(20)27(29)30)26-24-25-21(16-31-24)19-12-10-18(11-13-19)17-6-2-1-3-7-17/h1-16H,(H,25,26,28)/b15-14+. The third kappa shape index (κ3) is 4.91. The van der Waals surface area contributed by atoms with Crippen molar-refractivity contribution in [2.24, 2.45) is 0 Å². The summed E-state index contributed by atoms with van der Waals surface area (Å²) < 4.78 is 0. The maximum atomic E-state index is 12.2. The van der Waals surface area contributed by atoms with Crippen molar-refractivity contribution >= 4 is 34.1 Å². The summed E-state index contributed by atoms with van der Waals surface area (Å²) in [6, 6.07) is 24.4. The summed E-state index contributed by atoms with van der Waals surface area (Å²) in [6.45, 7) is 0. The van der Waals surface area contributed by atoms with E-state index in [-0.39, 0.29) is 5.69 Å². The molecule has 152 valence electrons. The molecule has 0 spiro atoms. The molecule has 4 rings (SSSR count). The highest BCUT2D eigenvalue weighted by Crippen LogP contribution is 2.27. The first-order valence-corrected chi connectivity index (χ1v) is 10.3. The predicted octanol–water partition coefficient (Wildman–Crippen LogP) is 6.04. The van der Waals surface area contributed by atoms with Crippen LogP contribution in [0, 0.1) is 10.1 Å². The molecule has 4 aromatic rings. The van der Waals surface area contributed by atoms with Gasteiger partial charge in [-0.2, -0.15) is 0 Å². The molecule has 0 aliphatic carbocycles. The number of carbonyl (C=O) groups excluding carboxylic acids is 1. The Morgan fingerprint density at radius 1 is 0.903 bits per heavy atom. The number of benzene rings is 3. The van der Waals surface area contributed by atoms with Crippen LogP contribution < -0.4 is 5.32 Å². The van der Waals surface area contributed by atoms with Gasteiger partial charge in [0.1, 0.15) is 0 Å². The number of nitro groups is 1. The summed E-state index contributed by atoms with van der Waals surface area (Å²) in [4.78, 5) is 27.3. The second-order valence-corrected chi connectivity index (χ2v) is 7.48. The van der Waals surface area contributed by atoms with E-state index in [9.17, 15) is 14.9 Å². The topological polar surface area (TPSA) is 85.1 Å². The van der Waals surface area contributed by atoms with Gasteiger partial charge in [-0.05, 0) is 23.3 Å². The summed E-state index contributed by atoms with van der Waals surface area (Å²) in [7, 11) is 0. The number of nitro benzene ring substituents is 1. The Bertz CT molecular complexity index is 1250. The number of para-hydroxylation sites is 1. The summed E-state index contributed by atoms with van der Waals surface area (Å²) >= 11 is 1.32. The molecule has 0 atom stereocenters. The molecule has 3 aromatic carbocycles. The lowest BCUT2D eigenvalue weighted by molar-refractivity contribution is -0.385. The van der Waals surface area contributed by atoms with Gasteiger partial charge >= 0.3 is 0 Å². The Balaban J connectivity index is 1.43. The molecule has 0 aliphatic heterocycles. The highest BCUT2D eigenvalue weighted by Gasteiger charge is 2.11. The van der Waals surface area contributed by atoms with E-state index in [4.69, 9.17) is 0 Å². The number of rotatable bonds is 6. The Kier molecular flexibility index (Phi) is 5.96. The SMILES string of the molecule is O=C(/C=C/c1ccccc1[N+](=O)[O-])Nc1nc(-c2ccc(-c3ccccc3)cc2)cs1. The van der Waals surface area contributed by atoms with Gasteiger partial charge in [0.05, 0.1) is 16.2 Å². The predicted molar refractivity (Wildman–Crippen MR) is 124 cm³/mol. The average molecular weight is 427 g/mol. The van der Waals surface area contributed by atoms with Gasteiger partial charge in [0.2, 0.25) is 5.91 Å². The smallest absolute Gasteiger partial charge is 0.276 e. The normalized spacial score (nSPS) is 10.8. The van der Waals surface area contributed by atoms with E-state index in [2.05, 4.69) is 22.4 Å². The summed E-state index contributed by atoms with van der Waals surface area (Å²) in [5.74, 6) is -0.404. The van der Waals surface area contributed by atoms with Crippen LogP contribution in [-0.4, -0.2) is 15.8 Å². The number of thiazole rings is 1. The van der Waals surface area contributed by atoms with Crippen LogP contribution in [0.4, 0.5) is 10.8 Å². The number of nitrogens with one attached hydrogen (secondary N) is 1. The number of nitrogens with zero attached hydrogens (tertiary/aromatic N) is 2. The quantitative estimate of drug-likeness (QED) is 0.231. The van der Waals surface area contributed by atoms with E-state index >= 15 is 0 Å². The zero-order chi connectivity index (χ0) is 21.6. The maximum Gasteiger partial charge on any atom is 0.276 e. The third-order valence-corrected chi connectivity index (χ3v) is 5.33. The van der Waals surface area contributed by atoms with Crippen molar-refractivity contribution in [3.63, 3.8) is 0 Å². The lowest BCUT2D eigenvalue weighted by atomic mass is 10.0. The minimum absolute atomic E-state index is 0.0537. The van der Waals surface area contributed by atoms with Crippen molar-refractivity contribution < 1.29 is 9.72 Å². The minimum Gasteiger partial charge on any atom is -0.298 e. The van der Waals surface area contributed by atoms with E-state index in [1.54, 1.807) is 18.2 Å². The fourth-order valence-corrected chi connectivity index (χ4v) is 3.76. The zero-order valence-electron chi connectivity index (χ0n) is 16.3. The van der Waals surface area contributed by atoms with Crippen LogP contribution in [0.25, 0.3) is 28.5 Å². The monoisotopic (exact) mass is 427 g/mol. The van der Waals surface area contributed by atoms with E-state index in [0.717, 1.165) is 22.4 Å². The Labute approximate surface area is 182 Å². The van der Waals surface area contributed by atoms with Crippen LogP contribution in [0.1, 0.15) is 5.56 Å². The van der Waals surface area contributed by atoms with Crippen LogP contribution in [0.5, 0.6) is 0 Å². The van der Waals surface area contributed by atoms with E-state index in [1.807, 2.05) is 47.8 Å². The van der Waals surface area contributed by atoms with Crippen LogP contribution in [0.15, 0.2) is 90.3 Å².